The van der Waals surface area contributed by atoms with Gasteiger partial charge < -0.3 is 10.6 Å². The van der Waals surface area contributed by atoms with Gasteiger partial charge in [-0.2, -0.15) is 29.6 Å². The number of carbonyl (C=O) groups excluding carboxylic acids is 1. The molecule has 0 saturated heterocycles. The van der Waals surface area contributed by atoms with Crippen molar-refractivity contribution >= 4 is 23.1 Å². The summed E-state index contributed by atoms with van der Waals surface area (Å²) in [5.74, 6) is 0. The minimum Gasteiger partial charge on any atom is -0.335 e. The summed E-state index contributed by atoms with van der Waals surface area (Å²) < 4.78 is 40.7. The lowest BCUT2D eigenvalue weighted by Crippen LogP contribution is -2.35. The molecule has 3 aromatic rings. The monoisotopic (exact) mass is 380 g/mol. The first kappa shape index (κ1) is 18.0. The van der Waals surface area contributed by atoms with E-state index in [2.05, 4.69) is 15.7 Å². The Morgan fingerprint density at radius 2 is 2.04 bits per heavy atom. The number of hydrogen-bond acceptors (Lipinski definition) is 3. The number of anilines is 1. The summed E-state index contributed by atoms with van der Waals surface area (Å²) in [6, 6.07) is 7.56. The standard InChI is InChI=1S/C17H15F3N4OS/c18-17(19,20)13-4-1-2-5-14(13)23-16(25)21-10-15(12-6-9-26-11-12)24-8-3-7-22-24/h1-9,11,15H,10H2,(H2,21,23,25)/t15-/m1/s1. The summed E-state index contributed by atoms with van der Waals surface area (Å²) in [5, 5.41) is 12.9. The predicted octanol–water partition coefficient (Wildman–Crippen LogP) is 4.37. The van der Waals surface area contributed by atoms with Gasteiger partial charge in [-0.25, -0.2) is 4.79 Å². The van der Waals surface area contributed by atoms with Crippen LogP contribution in [0.25, 0.3) is 0 Å². The molecule has 0 unspecified atom stereocenters. The first-order valence-electron chi connectivity index (χ1n) is 7.67. The maximum absolute atomic E-state index is 13.0. The SMILES string of the molecule is O=C(NC[C@H](c1ccsc1)n1cccn1)Nc1ccccc1C(F)(F)F. The Morgan fingerprint density at radius 3 is 2.69 bits per heavy atom. The van der Waals surface area contributed by atoms with E-state index in [-0.39, 0.29) is 18.3 Å². The van der Waals surface area contributed by atoms with Crippen LogP contribution in [0.5, 0.6) is 0 Å². The van der Waals surface area contributed by atoms with Gasteiger partial charge in [-0.3, -0.25) is 4.68 Å². The number of rotatable bonds is 5. The Kier molecular flexibility index (Phi) is 5.27. The molecule has 1 atom stereocenters. The number of nitrogens with one attached hydrogen (secondary N) is 2. The maximum atomic E-state index is 13.0. The fourth-order valence-electron chi connectivity index (χ4n) is 2.49. The number of alkyl halides is 3. The van der Waals surface area contributed by atoms with Crippen molar-refractivity contribution in [3.63, 3.8) is 0 Å². The average molecular weight is 380 g/mol. The van der Waals surface area contributed by atoms with Crippen LogP contribution in [-0.4, -0.2) is 22.4 Å². The molecular formula is C17H15F3N4OS. The predicted molar refractivity (Wildman–Crippen MR) is 93.2 cm³/mol. The molecular weight excluding hydrogens is 365 g/mol. The van der Waals surface area contributed by atoms with Crippen molar-refractivity contribution < 1.29 is 18.0 Å². The number of thiophene rings is 1. The molecule has 2 aromatic heterocycles. The molecule has 0 aliphatic rings. The van der Waals surface area contributed by atoms with E-state index in [1.165, 1.54) is 29.5 Å². The van der Waals surface area contributed by atoms with Gasteiger partial charge in [-0.15, -0.1) is 0 Å². The molecule has 0 spiro atoms. The smallest absolute Gasteiger partial charge is 0.335 e. The zero-order valence-corrected chi connectivity index (χ0v) is 14.2. The lowest BCUT2D eigenvalue weighted by molar-refractivity contribution is -0.136. The largest absolute Gasteiger partial charge is 0.418 e. The van der Waals surface area contributed by atoms with Crippen molar-refractivity contribution in [2.75, 3.05) is 11.9 Å². The molecule has 0 aliphatic heterocycles. The Balaban J connectivity index is 1.69. The zero-order valence-electron chi connectivity index (χ0n) is 13.4. The first-order chi connectivity index (χ1) is 12.4. The van der Waals surface area contributed by atoms with E-state index in [1.807, 2.05) is 16.8 Å². The van der Waals surface area contributed by atoms with Crippen LogP contribution in [0.1, 0.15) is 17.2 Å². The zero-order chi connectivity index (χ0) is 18.6. The number of carbonyl (C=O) groups is 1. The third-order valence-corrected chi connectivity index (χ3v) is 4.41. The highest BCUT2D eigenvalue weighted by Crippen LogP contribution is 2.34. The second-order valence-electron chi connectivity index (χ2n) is 5.44. The van der Waals surface area contributed by atoms with Crippen molar-refractivity contribution in [3.8, 4) is 0 Å². The second-order valence-corrected chi connectivity index (χ2v) is 6.22. The number of aromatic nitrogens is 2. The summed E-state index contributed by atoms with van der Waals surface area (Å²) in [4.78, 5) is 12.1. The number of amides is 2. The molecule has 9 heteroatoms. The Hall–Kier alpha value is -2.81. The van der Waals surface area contributed by atoms with Crippen molar-refractivity contribution in [1.29, 1.82) is 0 Å². The van der Waals surface area contributed by atoms with E-state index in [9.17, 15) is 18.0 Å². The van der Waals surface area contributed by atoms with Crippen LogP contribution in [-0.2, 0) is 6.18 Å². The van der Waals surface area contributed by atoms with Crippen LogP contribution >= 0.6 is 11.3 Å². The Bertz CT molecular complexity index is 813. The van der Waals surface area contributed by atoms with Crippen LogP contribution in [0.2, 0.25) is 0 Å². The third kappa shape index (κ3) is 4.23. The van der Waals surface area contributed by atoms with E-state index in [1.54, 1.807) is 23.1 Å². The quantitative estimate of drug-likeness (QED) is 0.690. The summed E-state index contributed by atoms with van der Waals surface area (Å²) in [5.41, 5.74) is -0.227. The maximum Gasteiger partial charge on any atom is 0.418 e. The van der Waals surface area contributed by atoms with Gasteiger partial charge in [0.05, 0.1) is 17.3 Å². The van der Waals surface area contributed by atoms with Crippen LogP contribution in [0.15, 0.2) is 59.6 Å². The van der Waals surface area contributed by atoms with Gasteiger partial charge in [0.25, 0.3) is 0 Å². The molecule has 0 aliphatic carbocycles. The second kappa shape index (κ2) is 7.61. The summed E-state index contributed by atoms with van der Waals surface area (Å²) in [6.45, 7) is 0.179. The van der Waals surface area contributed by atoms with E-state index in [0.717, 1.165) is 11.6 Å². The fourth-order valence-corrected chi connectivity index (χ4v) is 3.20. The topological polar surface area (TPSA) is 59.0 Å². The van der Waals surface area contributed by atoms with Gasteiger partial charge in [0.1, 0.15) is 0 Å². The minimum atomic E-state index is -4.54. The molecule has 5 nitrogen and oxygen atoms in total. The van der Waals surface area contributed by atoms with E-state index in [4.69, 9.17) is 0 Å². The third-order valence-electron chi connectivity index (χ3n) is 3.71. The van der Waals surface area contributed by atoms with E-state index in [0.29, 0.717) is 0 Å². The van der Waals surface area contributed by atoms with Gasteiger partial charge in [0, 0.05) is 18.9 Å². The summed E-state index contributed by atoms with van der Waals surface area (Å²) in [7, 11) is 0. The number of halogens is 3. The van der Waals surface area contributed by atoms with Crippen LogP contribution in [0.3, 0.4) is 0 Å². The van der Waals surface area contributed by atoms with Crippen LogP contribution in [0, 0.1) is 0 Å². The average Bonchev–Trinajstić information content (AvgIpc) is 3.28. The van der Waals surface area contributed by atoms with Gasteiger partial charge in [-0.1, -0.05) is 12.1 Å². The number of hydrogen-bond donors (Lipinski definition) is 2. The first-order valence-corrected chi connectivity index (χ1v) is 8.62. The van der Waals surface area contributed by atoms with Gasteiger partial charge >= 0.3 is 12.2 Å². The van der Waals surface area contributed by atoms with Crippen molar-refractivity contribution in [1.82, 2.24) is 15.1 Å². The fraction of sp³-hybridized carbons (Fsp3) is 0.176. The van der Waals surface area contributed by atoms with Crippen LogP contribution in [0.4, 0.5) is 23.7 Å². The molecule has 0 radical (unpaired) electrons. The molecule has 1 aromatic carbocycles. The van der Waals surface area contributed by atoms with E-state index < -0.39 is 17.8 Å². The molecule has 136 valence electrons. The number of urea groups is 1. The van der Waals surface area contributed by atoms with Gasteiger partial charge in [0.2, 0.25) is 0 Å². The molecule has 0 saturated carbocycles. The minimum absolute atomic E-state index is 0.179. The Morgan fingerprint density at radius 1 is 1.23 bits per heavy atom. The van der Waals surface area contributed by atoms with Crippen LogP contribution < -0.4 is 10.6 Å². The van der Waals surface area contributed by atoms with Crippen molar-refractivity contribution in [2.45, 2.75) is 12.2 Å². The number of benzene rings is 1. The summed E-state index contributed by atoms with van der Waals surface area (Å²) in [6.07, 6.45) is -1.15. The molecule has 2 N–H and O–H groups in total. The summed E-state index contributed by atoms with van der Waals surface area (Å²) >= 11 is 1.51. The molecule has 3 rings (SSSR count). The van der Waals surface area contributed by atoms with Crippen molar-refractivity contribution in [2.24, 2.45) is 0 Å². The lowest BCUT2D eigenvalue weighted by atomic mass is 10.1. The number of para-hydroxylation sites is 1. The molecule has 2 heterocycles. The highest BCUT2D eigenvalue weighted by Gasteiger charge is 2.33. The van der Waals surface area contributed by atoms with Gasteiger partial charge in [0.15, 0.2) is 0 Å². The highest BCUT2D eigenvalue weighted by molar-refractivity contribution is 7.07. The Labute approximate surface area is 151 Å². The molecule has 0 fully saturated rings. The normalized spacial score (nSPS) is 12.6. The highest BCUT2D eigenvalue weighted by atomic mass is 32.1. The van der Waals surface area contributed by atoms with Crippen molar-refractivity contribution in [3.05, 3.63) is 70.7 Å². The number of nitrogens with zero attached hydrogens (tertiary/aromatic N) is 2. The molecule has 0 bridgehead atoms. The lowest BCUT2D eigenvalue weighted by Gasteiger charge is -2.18. The molecule has 2 amide bonds. The van der Waals surface area contributed by atoms with E-state index >= 15 is 0 Å². The van der Waals surface area contributed by atoms with Gasteiger partial charge in [-0.05, 0) is 40.6 Å². The molecule has 26 heavy (non-hydrogen) atoms.